The van der Waals surface area contributed by atoms with Crippen molar-refractivity contribution in [3.63, 3.8) is 0 Å². The van der Waals surface area contributed by atoms with Crippen LogP contribution in [0.3, 0.4) is 0 Å². The van der Waals surface area contributed by atoms with Crippen LogP contribution < -0.4 is 10.8 Å². The van der Waals surface area contributed by atoms with Gasteiger partial charge in [0.15, 0.2) is 0 Å². The van der Waals surface area contributed by atoms with Crippen molar-refractivity contribution in [1.29, 1.82) is 0 Å². The molecule has 0 bridgehead atoms. The minimum atomic E-state index is -1.37. The lowest BCUT2D eigenvalue weighted by Gasteiger charge is -2.31. The molecule has 0 saturated carbocycles. The average molecular weight is 234 g/mol. The zero-order valence-corrected chi connectivity index (χ0v) is 10.1. The highest BCUT2D eigenvalue weighted by molar-refractivity contribution is 6.58. The van der Waals surface area contributed by atoms with E-state index in [4.69, 9.17) is 10.0 Å². The summed E-state index contributed by atoms with van der Waals surface area (Å²) in [6.45, 7) is 6.28. The van der Waals surface area contributed by atoms with Gasteiger partial charge in [0, 0.05) is 32.2 Å². The number of hydrogen-bond acceptors (Lipinski definition) is 4. The molecule has 0 amide bonds. The van der Waals surface area contributed by atoms with Crippen molar-refractivity contribution in [2.24, 2.45) is 0 Å². The second kappa shape index (κ2) is 5.64. The van der Waals surface area contributed by atoms with Gasteiger partial charge < -0.3 is 15.4 Å². The summed E-state index contributed by atoms with van der Waals surface area (Å²) in [5, 5.41) is 21.4. The molecule has 1 atom stereocenters. The summed E-state index contributed by atoms with van der Waals surface area (Å²) >= 11 is 0. The van der Waals surface area contributed by atoms with E-state index in [-0.39, 0.29) is 0 Å². The largest absolute Gasteiger partial charge is 0.488 e. The first-order chi connectivity index (χ1) is 8.15. The third kappa shape index (κ3) is 3.54. The van der Waals surface area contributed by atoms with Gasteiger partial charge in [-0.25, -0.2) is 0 Å². The quantitative estimate of drug-likeness (QED) is 0.597. The van der Waals surface area contributed by atoms with Gasteiger partial charge >= 0.3 is 7.12 Å². The van der Waals surface area contributed by atoms with Crippen LogP contribution in [0.1, 0.15) is 12.5 Å². The first kappa shape index (κ1) is 12.6. The number of benzene rings is 1. The van der Waals surface area contributed by atoms with Crippen LogP contribution in [-0.2, 0) is 6.54 Å². The van der Waals surface area contributed by atoms with Gasteiger partial charge in [0.05, 0.1) is 0 Å². The maximum atomic E-state index is 9.01. The molecular weight excluding hydrogens is 215 g/mol. The highest BCUT2D eigenvalue weighted by Gasteiger charge is 2.16. The van der Waals surface area contributed by atoms with Crippen LogP contribution in [0.2, 0.25) is 0 Å². The van der Waals surface area contributed by atoms with Crippen molar-refractivity contribution in [3.8, 4) is 0 Å². The summed E-state index contributed by atoms with van der Waals surface area (Å²) in [5.41, 5.74) is 1.76. The molecule has 5 heteroatoms. The van der Waals surface area contributed by atoms with Crippen molar-refractivity contribution < 1.29 is 10.0 Å². The Hall–Kier alpha value is -0.875. The second-order valence-corrected chi connectivity index (χ2v) is 4.71. The molecule has 1 unspecified atom stereocenters. The minimum Gasteiger partial charge on any atom is -0.423 e. The Balaban J connectivity index is 1.94. The minimum absolute atomic E-state index is 0.544. The van der Waals surface area contributed by atoms with Gasteiger partial charge in [0.25, 0.3) is 0 Å². The fourth-order valence-electron chi connectivity index (χ4n) is 2.21. The lowest BCUT2D eigenvalue weighted by molar-refractivity contribution is 0.199. The van der Waals surface area contributed by atoms with E-state index in [0.29, 0.717) is 11.5 Å². The van der Waals surface area contributed by atoms with E-state index in [1.54, 1.807) is 12.1 Å². The topological polar surface area (TPSA) is 55.7 Å². The third-order valence-corrected chi connectivity index (χ3v) is 3.14. The lowest BCUT2D eigenvalue weighted by atomic mass is 9.80. The summed E-state index contributed by atoms with van der Waals surface area (Å²) in [6, 6.07) is 8.00. The Morgan fingerprint density at radius 2 is 2.06 bits per heavy atom. The molecule has 1 fully saturated rings. The Bertz CT molecular complexity index is 356. The summed E-state index contributed by atoms with van der Waals surface area (Å²) < 4.78 is 0. The van der Waals surface area contributed by atoms with Crippen LogP contribution in [0.25, 0.3) is 0 Å². The number of piperazine rings is 1. The highest BCUT2D eigenvalue weighted by Crippen LogP contribution is 2.06. The molecule has 1 heterocycles. The standard InChI is InChI=1S/C12H19BN2O2/c1-10-8-15(7-6-14-10)9-11-2-4-12(5-3-11)13(16)17/h2-5,10,14,16-17H,6-9H2,1H3. The molecule has 3 N–H and O–H groups in total. The SMILES string of the molecule is CC1CN(Cc2ccc(B(O)O)cc2)CCN1. The van der Waals surface area contributed by atoms with Crippen molar-refractivity contribution in [2.75, 3.05) is 19.6 Å². The van der Waals surface area contributed by atoms with Gasteiger partial charge in [0.2, 0.25) is 0 Å². The maximum Gasteiger partial charge on any atom is 0.488 e. The number of nitrogens with zero attached hydrogens (tertiary/aromatic N) is 1. The molecule has 0 radical (unpaired) electrons. The monoisotopic (exact) mass is 234 g/mol. The maximum absolute atomic E-state index is 9.01. The van der Waals surface area contributed by atoms with Crippen molar-refractivity contribution in [1.82, 2.24) is 10.2 Å². The van der Waals surface area contributed by atoms with E-state index in [9.17, 15) is 0 Å². The van der Waals surface area contributed by atoms with Gasteiger partial charge in [-0.1, -0.05) is 24.3 Å². The summed E-state index contributed by atoms with van der Waals surface area (Å²) in [4.78, 5) is 2.41. The fraction of sp³-hybridized carbons (Fsp3) is 0.500. The zero-order chi connectivity index (χ0) is 12.3. The van der Waals surface area contributed by atoms with Crippen LogP contribution >= 0.6 is 0 Å². The molecule has 17 heavy (non-hydrogen) atoms. The van der Waals surface area contributed by atoms with E-state index < -0.39 is 7.12 Å². The third-order valence-electron chi connectivity index (χ3n) is 3.14. The normalized spacial score (nSPS) is 21.5. The molecule has 1 aliphatic heterocycles. The highest BCUT2D eigenvalue weighted by atomic mass is 16.4. The molecule has 0 spiro atoms. The van der Waals surface area contributed by atoms with Crippen LogP contribution in [0.4, 0.5) is 0 Å². The van der Waals surface area contributed by atoms with Gasteiger partial charge in [-0.2, -0.15) is 0 Å². The first-order valence-electron chi connectivity index (χ1n) is 6.06. The molecule has 2 rings (SSSR count). The first-order valence-corrected chi connectivity index (χ1v) is 6.06. The summed E-state index contributed by atoms with van der Waals surface area (Å²) in [7, 11) is -1.37. The fourth-order valence-corrected chi connectivity index (χ4v) is 2.21. The van der Waals surface area contributed by atoms with Gasteiger partial charge in [-0.3, -0.25) is 4.90 Å². The number of rotatable bonds is 3. The molecule has 0 aliphatic carbocycles. The molecule has 1 aliphatic rings. The zero-order valence-electron chi connectivity index (χ0n) is 10.1. The summed E-state index contributed by atoms with van der Waals surface area (Å²) in [6.07, 6.45) is 0. The van der Waals surface area contributed by atoms with Gasteiger partial charge in [0.1, 0.15) is 0 Å². The molecule has 0 aromatic heterocycles. The van der Waals surface area contributed by atoms with E-state index in [1.165, 1.54) is 5.56 Å². The number of hydrogen-bond donors (Lipinski definition) is 3. The van der Waals surface area contributed by atoms with Crippen molar-refractivity contribution >= 4 is 12.6 Å². The Morgan fingerprint density at radius 1 is 1.35 bits per heavy atom. The average Bonchev–Trinajstić information content (AvgIpc) is 2.29. The molecule has 1 aromatic carbocycles. The van der Waals surface area contributed by atoms with Crippen molar-refractivity contribution in [3.05, 3.63) is 29.8 Å². The summed E-state index contributed by atoms with van der Waals surface area (Å²) in [5.74, 6) is 0. The van der Waals surface area contributed by atoms with Gasteiger partial charge in [-0.15, -0.1) is 0 Å². The lowest BCUT2D eigenvalue weighted by Crippen LogP contribution is -2.48. The van der Waals surface area contributed by atoms with E-state index in [1.807, 2.05) is 12.1 Å². The predicted molar refractivity (Wildman–Crippen MR) is 69.0 cm³/mol. The molecule has 1 saturated heterocycles. The second-order valence-electron chi connectivity index (χ2n) is 4.71. The molecular formula is C12H19BN2O2. The molecule has 92 valence electrons. The van der Waals surface area contributed by atoms with E-state index in [0.717, 1.165) is 26.2 Å². The van der Waals surface area contributed by atoms with E-state index in [2.05, 4.69) is 17.1 Å². The van der Waals surface area contributed by atoms with E-state index >= 15 is 0 Å². The number of nitrogens with one attached hydrogen (secondary N) is 1. The van der Waals surface area contributed by atoms with Crippen LogP contribution in [0.15, 0.2) is 24.3 Å². The Labute approximate surface area is 102 Å². The van der Waals surface area contributed by atoms with Crippen LogP contribution in [-0.4, -0.2) is 47.7 Å². The Morgan fingerprint density at radius 3 is 2.65 bits per heavy atom. The van der Waals surface area contributed by atoms with Gasteiger partial charge in [-0.05, 0) is 17.9 Å². The smallest absolute Gasteiger partial charge is 0.423 e. The predicted octanol–water partition coefficient (Wildman–Crippen LogP) is -0.840. The molecule has 1 aromatic rings. The van der Waals surface area contributed by atoms with Crippen LogP contribution in [0, 0.1) is 0 Å². The van der Waals surface area contributed by atoms with Crippen molar-refractivity contribution in [2.45, 2.75) is 19.5 Å². The van der Waals surface area contributed by atoms with Crippen LogP contribution in [0.5, 0.6) is 0 Å². The Kier molecular flexibility index (Phi) is 4.18. The molecule has 4 nitrogen and oxygen atoms in total.